The molecule has 3 heterocycles. The minimum Gasteiger partial charge on any atom is -0.439 e. The van der Waals surface area contributed by atoms with Gasteiger partial charge in [0.1, 0.15) is 11.6 Å². The number of nitrogens with one attached hydrogen (secondary N) is 2. The van der Waals surface area contributed by atoms with Gasteiger partial charge in [0.25, 0.3) is 0 Å². The summed E-state index contributed by atoms with van der Waals surface area (Å²) in [5, 5.41) is 7.84. The number of likely N-dealkylation sites (tertiary alicyclic amines) is 1. The van der Waals surface area contributed by atoms with Gasteiger partial charge >= 0.3 is 6.03 Å². The van der Waals surface area contributed by atoms with E-state index in [0.717, 1.165) is 13.1 Å². The molecule has 6 nitrogen and oxygen atoms in total. The maximum Gasteiger partial charge on any atom is 0.319 e. The van der Waals surface area contributed by atoms with E-state index >= 15 is 0 Å². The fourth-order valence-corrected chi connectivity index (χ4v) is 4.31. The van der Waals surface area contributed by atoms with E-state index in [9.17, 15) is 9.18 Å². The molecular weight excluding hydrogens is 403 g/mol. The van der Waals surface area contributed by atoms with Crippen LogP contribution in [0.25, 0.3) is 0 Å². The number of aromatic nitrogens is 1. The number of benzene rings is 1. The molecule has 0 saturated carbocycles. The molecule has 156 valence electrons. The van der Waals surface area contributed by atoms with Crippen molar-refractivity contribution in [2.45, 2.75) is 18.9 Å². The molecule has 0 aliphatic carbocycles. The normalized spacial score (nSPS) is 15.0. The second-order valence-corrected chi connectivity index (χ2v) is 8.03. The van der Waals surface area contributed by atoms with Gasteiger partial charge in [0.2, 0.25) is 5.88 Å². The molecule has 4 rings (SSSR count). The third-order valence-electron chi connectivity index (χ3n) is 4.94. The van der Waals surface area contributed by atoms with Crippen LogP contribution in [0.2, 0.25) is 0 Å². The average Bonchev–Trinajstić information content (AvgIpc) is 3.46. The van der Waals surface area contributed by atoms with Crippen molar-refractivity contribution in [1.29, 1.82) is 0 Å². The summed E-state index contributed by atoms with van der Waals surface area (Å²) in [7, 11) is 0. The number of hydrogen-bond acceptors (Lipinski definition) is 5. The first-order valence-corrected chi connectivity index (χ1v) is 10.8. The van der Waals surface area contributed by atoms with E-state index in [4.69, 9.17) is 4.74 Å². The minimum absolute atomic E-state index is 0.197. The van der Waals surface area contributed by atoms with Gasteiger partial charge < -0.3 is 15.4 Å². The molecule has 0 spiro atoms. The van der Waals surface area contributed by atoms with Crippen molar-refractivity contribution in [2.75, 3.05) is 25.0 Å². The van der Waals surface area contributed by atoms with E-state index in [-0.39, 0.29) is 17.9 Å². The van der Waals surface area contributed by atoms with Crippen LogP contribution in [0.15, 0.2) is 60.1 Å². The maximum absolute atomic E-state index is 13.0. The van der Waals surface area contributed by atoms with Gasteiger partial charge in [0, 0.05) is 17.5 Å². The number of anilines is 1. The minimum atomic E-state index is -0.327. The zero-order valence-corrected chi connectivity index (χ0v) is 17.2. The molecule has 0 unspecified atom stereocenters. The molecule has 3 aromatic rings. The number of pyridine rings is 1. The lowest BCUT2D eigenvalue weighted by atomic mass is 10.2. The summed E-state index contributed by atoms with van der Waals surface area (Å²) in [6.45, 7) is 2.67. The van der Waals surface area contributed by atoms with E-state index in [1.54, 1.807) is 23.5 Å². The van der Waals surface area contributed by atoms with E-state index in [0.29, 0.717) is 23.9 Å². The highest BCUT2D eigenvalue weighted by atomic mass is 32.1. The van der Waals surface area contributed by atoms with Crippen LogP contribution >= 0.6 is 11.3 Å². The number of nitrogens with zero attached hydrogens (tertiary/aromatic N) is 2. The van der Waals surface area contributed by atoms with Crippen LogP contribution in [0.5, 0.6) is 11.6 Å². The van der Waals surface area contributed by atoms with Crippen molar-refractivity contribution >= 4 is 23.1 Å². The van der Waals surface area contributed by atoms with E-state index in [1.165, 1.54) is 48.2 Å². The maximum atomic E-state index is 13.0. The van der Waals surface area contributed by atoms with Gasteiger partial charge in [-0.25, -0.2) is 14.2 Å². The Balaban J connectivity index is 1.30. The van der Waals surface area contributed by atoms with Gasteiger partial charge in [-0.05, 0) is 67.7 Å². The highest BCUT2D eigenvalue weighted by Crippen LogP contribution is 2.28. The summed E-state index contributed by atoms with van der Waals surface area (Å²) in [6.07, 6.45) is 3.92. The Kier molecular flexibility index (Phi) is 6.56. The predicted octanol–water partition coefficient (Wildman–Crippen LogP) is 5.03. The number of carbonyl (C=O) groups excluding carboxylic acids is 1. The first-order valence-electron chi connectivity index (χ1n) is 9.89. The molecule has 1 atom stereocenters. The number of urea groups is 1. The quantitative estimate of drug-likeness (QED) is 0.556. The van der Waals surface area contributed by atoms with Gasteiger partial charge in [-0.15, -0.1) is 11.3 Å². The number of amides is 2. The molecular formula is C22H23FN4O2S. The van der Waals surface area contributed by atoms with Crippen molar-refractivity contribution in [3.8, 4) is 11.6 Å². The lowest BCUT2D eigenvalue weighted by molar-refractivity contribution is 0.229. The number of rotatable bonds is 7. The van der Waals surface area contributed by atoms with Crippen LogP contribution in [-0.2, 0) is 0 Å². The summed E-state index contributed by atoms with van der Waals surface area (Å²) >= 11 is 1.72. The Bertz CT molecular complexity index is 942. The monoisotopic (exact) mass is 426 g/mol. The smallest absolute Gasteiger partial charge is 0.319 e. The summed E-state index contributed by atoms with van der Waals surface area (Å²) in [4.78, 5) is 20.3. The fourth-order valence-electron chi connectivity index (χ4n) is 3.45. The van der Waals surface area contributed by atoms with Gasteiger partial charge in [0.15, 0.2) is 0 Å². The molecule has 1 saturated heterocycles. The highest BCUT2D eigenvalue weighted by molar-refractivity contribution is 7.10. The Labute approximate surface area is 178 Å². The second kappa shape index (κ2) is 9.69. The number of carbonyl (C=O) groups is 1. The molecule has 0 bridgehead atoms. The van der Waals surface area contributed by atoms with E-state index < -0.39 is 0 Å². The van der Waals surface area contributed by atoms with Gasteiger partial charge in [-0.3, -0.25) is 4.90 Å². The first-order chi connectivity index (χ1) is 14.7. The van der Waals surface area contributed by atoms with Crippen LogP contribution in [-0.4, -0.2) is 35.5 Å². The second-order valence-electron chi connectivity index (χ2n) is 7.05. The number of ether oxygens (including phenoxy) is 1. The van der Waals surface area contributed by atoms with Crippen molar-refractivity contribution in [3.63, 3.8) is 0 Å². The van der Waals surface area contributed by atoms with Crippen molar-refractivity contribution in [3.05, 3.63) is 70.8 Å². The van der Waals surface area contributed by atoms with Crippen LogP contribution in [0, 0.1) is 5.82 Å². The topological polar surface area (TPSA) is 66.5 Å². The zero-order chi connectivity index (χ0) is 20.8. The van der Waals surface area contributed by atoms with Gasteiger partial charge in [-0.1, -0.05) is 6.07 Å². The fraction of sp³-hybridized carbons (Fsp3) is 0.273. The molecule has 1 aliphatic rings. The molecule has 1 aromatic carbocycles. The molecule has 1 fully saturated rings. The average molecular weight is 427 g/mol. The predicted molar refractivity (Wildman–Crippen MR) is 116 cm³/mol. The Morgan fingerprint density at radius 1 is 1.17 bits per heavy atom. The Hall–Kier alpha value is -2.97. The van der Waals surface area contributed by atoms with Gasteiger partial charge in [0.05, 0.1) is 17.9 Å². The lowest BCUT2D eigenvalue weighted by Gasteiger charge is -2.26. The molecule has 0 radical (unpaired) electrons. The third-order valence-corrected chi connectivity index (χ3v) is 5.91. The van der Waals surface area contributed by atoms with Gasteiger partial charge in [-0.2, -0.15) is 0 Å². The standard InChI is InChI=1S/C22H23FN4O2S/c23-16-5-8-18(9-6-16)29-21-10-7-17(14-24-21)26-22(28)25-15-19(20-4-3-13-30-20)27-11-1-2-12-27/h3-10,13-14,19H,1-2,11-12,15H2,(H2,25,26,28)/t19-/m0/s1. The van der Waals surface area contributed by atoms with Crippen molar-refractivity contribution in [2.24, 2.45) is 0 Å². The van der Waals surface area contributed by atoms with Crippen molar-refractivity contribution < 1.29 is 13.9 Å². The van der Waals surface area contributed by atoms with Crippen LogP contribution in [0.3, 0.4) is 0 Å². The Morgan fingerprint density at radius 3 is 2.63 bits per heavy atom. The lowest BCUT2D eigenvalue weighted by Crippen LogP contribution is -2.38. The summed E-state index contributed by atoms with van der Waals surface area (Å²) < 4.78 is 18.5. The number of halogens is 1. The van der Waals surface area contributed by atoms with Crippen LogP contribution in [0.4, 0.5) is 14.9 Å². The SMILES string of the molecule is O=C(NC[C@@H](c1cccs1)N1CCCC1)Nc1ccc(Oc2ccc(F)cc2)nc1. The number of thiophene rings is 1. The van der Waals surface area contributed by atoms with Crippen molar-refractivity contribution in [1.82, 2.24) is 15.2 Å². The molecule has 2 amide bonds. The zero-order valence-electron chi connectivity index (χ0n) is 16.4. The largest absolute Gasteiger partial charge is 0.439 e. The van der Waals surface area contributed by atoms with Crippen LogP contribution < -0.4 is 15.4 Å². The first kappa shape index (κ1) is 20.3. The third kappa shape index (κ3) is 5.34. The summed E-state index contributed by atoms with van der Waals surface area (Å²) in [6, 6.07) is 13.2. The molecule has 2 aromatic heterocycles. The molecule has 1 aliphatic heterocycles. The number of hydrogen-bond donors (Lipinski definition) is 2. The summed E-state index contributed by atoms with van der Waals surface area (Å²) in [5.41, 5.74) is 0.563. The molecule has 30 heavy (non-hydrogen) atoms. The Morgan fingerprint density at radius 2 is 1.97 bits per heavy atom. The van der Waals surface area contributed by atoms with E-state index in [2.05, 4.69) is 32.0 Å². The van der Waals surface area contributed by atoms with Crippen LogP contribution in [0.1, 0.15) is 23.8 Å². The van der Waals surface area contributed by atoms with E-state index in [1.807, 2.05) is 6.07 Å². The summed E-state index contributed by atoms with van der Waals surface area (Å²) in [5.74, 6) is 0.523. The highest BCUT2D eigenvalue weighted by Gasteiger charge is 2.24. The molecule has 8 heteroatoms. The molecule has 2 N–H and O–H groups in total.